The summed E-state index contributed by atoms with van der Waals surface area (Å²) < 4.78 is 5.55. The molecule has 3 heteroatoms. The minimum atomic E-state index is 0.158. The average Bonchev–Trinajstić information content (AvgIpc) is 2.72. The molecule has 1 N–H and O–H groups in total. The second kappa shape index (κ2) is 5.50. The topological polar surface area (TPSA) is 21.3 Å². The lowest BCUT2D eigenvalue weighted by atomic mass is 9.72. The molecular weight excluding hydrogens is 246 g/mol. The molecular formula is C15H22ClNO. The molecule has 1 saturated carbocycles. The number of benzene rings is 1. The number of hydrogen-bond acceptors (Lipinski definition) is 2. The molecule has 0 amide bonds. The van der Waals surface area contributed by atoms with Gasteiger partial charge in [0.1, 0.15) is 5.75 Å². The number of likely N-dealkylation sites (N-methyl/N-ethyl adjacent to an activating group) is 1. The van der Waals surface area contributed by atoms with Crippen molar-refractivity contribution in [2.45, 2.75) is 31.6 Å². The van der Waals surface area contributed by atoms with Crippen LogP contribution in [0.2, 0.25) is 5.02 Å². The Hall–Kier alpha value is -0.730. The molecule has 18 heavy (non-hydrogen) atoms. The second-order valence-electron chi connectivity index (χ2n) is 5.32. The van der Waals surface area contributed by atoms with Crippen LogP contribution in [0.1, 0.15) is 31.7 Å². The van der Waals surface area contributed by atoms with Crippen LogP contribution in [-0.4, -0.2) is 20.7 Å². The normalized spacial score (nSPS) is 27.4. The Balaban J connectivity index is 2.51. The van der Waals surface area contributed by atoms with Crippen molar-refractivity contribution in [3.63, 3.8) is 0 Å². The smallest absolute Gasteiger partial charge is 0.122 e. The average molecular weight is 268 g/mol. The van der Waals surface area contributed by atoms with Crippen molar-refractivity contribution in [2.24, 2.45) is 5.92 Å². The van der Waals surface area contributed by atoms with Gasteiger partial charge in [-0.2, -0.15) is 0 Å². The highest BCUT2D eigenvalue weighted by Crippen LogP contribution is 2.48. The molecule has 0 aromatic heterocycles. The van der Waals surface area contributed by atoms with E-state index >= 15 is 0 Å². The maximum Gasteiger partial charge on any atom is 0.122 e. The van der Waals surface area contributed by atoms with Crippen LogP contribution in [0.3, 0.4) is 0 Å². The Kier molecular flexibility index (Phi) is 4.18. The van der Waals surface area contributed by atoms with Gasteiger partial charge in [-0.3, -0.25) is 0 Å². The molecule has 0 radical (unpaired) electrons. The zero-order chi connectivity index (χ0) is 13.2. The Morgan fingerprint density at radius 2 is 2.28 bits per heavy atom. The lowest BCUT2D eigenvalue weighted by molar-refractivity contribution is 0.307. The van der Waals surface area contributed by atoms with Gasteiger partial charge in [0.2, 0.25) is 0 Å². The highest BCUT2D eigenvalue weighted by Gasteiger charge is 2.42. The number of methoxy groups -OCH3 is 1. The summed E-state index contributed by atoms with van der Waals surface area (Å²) in [5.41, 5.74) is 1.42. The van der Waals surface area contributed by atoms with E-state index in [4.69, 9.17) is 16.3 Å². The molecule has 1 fully saturated rings. The van der Waals surface area contributed by atoms with Crippen LogP contribution in [0.15, 0.2) is 18.2 Å². The monoisotopic (exact) mass is 267 g/mol. The quantitative estimate of drug-likeness (QED) is 0.900. The van der Waals surface area contributed by atoms with E-state index in [1.807, 2.05) is 19.2 Å². The van der Waals surface area contributed by atoms with E-state index in [2.05, 4.69) is 18.3 Å². The van der Waals surface area contributed by atoms with Crippen LogP contribution < -0.4 is 10.1 Å². The molecule has 0 aliphatic heterocycles. The first-order chi connectivity index (χ1) is 8.64. The van der Waals surface area contributed by atoms with Gasteiger partial charge in [-0.05, 0) is 44.0 Å². The van der Waals surface area contributed by atoms with E-state index in [-0.39, 0.29) is 5.41 Å². The molecule has 0 bridgehead atoms. The highest BCUT2D eigenvalue weighted by molar-refractivity contribution is 6.30. The van der Waals surface area contributed by atoms with Gasteiger partial charge < -0.3 is 10.1 Å². The third-order valence-electron chi connectivity index (χ3n) is 4.39. The standard InChI is InChI=1S/C15H22ClNO/c1-11-5-4-8-15(11,10-17-2)13-9-12(16)6-7-14(13)18-3/h6-7,9,11,17H,4-5,8,10H2,1-3H3. The van der Waals surface area contributed by atoms with Gasteiger partial charge in [-0.15, -0.1) is 0 Å². The first-order valence-electron chi connectivity index (χ1n) is 6.62. The number of ether oxygens (including phenoxy) is 1. The van der Waals surface area contributed by atoms with Crippen molar-refractivity contribution >= 4 is 11.6 Å². The summed E-state index contributed by atoms with van der Waals surface area (Å²) in [6, 6.07) is 5.97. The fraction of sp³-hybridized carbons (Fsp3) is 0.600. The summed E-state index contributed by atoms with van der Waals surface area (Å²) in [5.74, 6) is 1.61. The van der Waals surface area contributed by atoms with Crippen molar-refractivity contribution in [1.29, 1.82) is 0 Å². The fourth-order valence-corrected chi connectivity index (χ4v) is 3.56. The van der Waals surface area contributed by atoms with Gasteiger partial charge in [-0.1, -0.05) is 24.9 Å². The largest absolute Gasteiger partial charge is 0.496 e. The van der Waals surface area contributed by atoms with Crippen LogP contribution in [-0.2, 0) is 5.41 Å². The van der Waals surface area contributed by atoms with Crippen molar-refractivity contribution in [1.82, 2.24) is 5.32 Å². The molecule has 1 aromatic carbocycles. The van der Waals surface area contributed by atoms with Crippen LogP contribution in [0.25, 0.3) is 0 Å². The van der Waals surface area contributed by atoms with Gasteiger partial charge in [-0.25, -0.2) is 0 Å². The molecule has 2 nitrogen and oxygen atoms in total. The van der Waals surface area contributed by atoms with E-state index in [9.17, 15) is 0 Å². The predicted molar refractivity (Wildman–Crippen MR) is 76.6 cm³/mol. The SMILES string of the molecule is CNCC1(c2cc(Cl)ccc2OC)CCCC1C. The van der Waals surface area contributed by atoms with Crippen LogP contribution in [0.5, 0.6) is 5.75 Å². The molecule has 2 rings (SSSR count). The highest BCUT2D eigenvalue weighted by atomic mass is 35.5. The van der Waals surface area contributed by atoms with Gasteiger partial charge in [0.05, 0.1) is 7.11 Å². The Morgan fingerprint density at radius 1 is 1.50 bits per heavy atom. The van der Waals surface area contributed by atoms with Crippen molar-refractivity contribution in [3.05, 3.63) is 28.8 Å². The van der Waals surface area contributed by atoms with Gasteiger partial charge in [0, 0.05) is 22.5 Å². The summed E-state index contributed by atoms with van der Waals surface area (Å²) in [5, 5.41) is 4.14. The summed E-state index contributed by atoms with van der Waals surface area (Å²) >= 11 is 6.19. The molecule has 2 unspecified atom stereocenters. The molecule has 1 aliphatic rings. The van der Waals surface area contributed by atoms with Crippen LogP contribution in [0.4, 0.5) is 0 Å². The van der Waals surface area contributed by atoms with Crippen LogP contribution in [0, 0.1) is 5.92 Å². The lowest BCUT2D eigenvalue weighted by Crippen LogP contribution is -2.39. The van der Waals surface area contributed by atoms with E-state index in [1.54, 1.807) is 7.11 Å². The fourth-order valence-electron chi connectivity index (χ4n) is 3.39. The maximum absolute atomic E-state index is 6.19. The summed E-state index contributed by atoms with van der Waals surface area (Å²) in [6.07, 6.45) is 3.75. The third kappa shape index (κ3) is 2.24. The zero-order valence-corrected chi connectivity index (χ0v) is 12.2. The maximum atomic E-state index is 6.19. The molecule has 0 heterocycles. The predicted octanol–water partition coefficient (Wildman–Crippen LogP) is 3.63. The van der Waals surface area contributed by atoms with E-state index < -0.39 is 0 Å². The molecule has 0 spiro atoms. The van der Waals surface area contributed by atoms with Crippen molar-refractivity contribution < 1.29 is 4.74 Å². The van der Waals surface area contributed by atoms with E-state index in [1.165, 1.54) is 24.8 Å². The number of rotatable bonds is 4. The Bertz CT molecular complexity index is 421. The first-order valence-corrected chi connectivity index (χ1v) is 7.00. The lowest BCUT2D eigenvalue weighted by Gasteiger charge is -2.35. The number of nitrogens with one attached hydrogen (secondary N) is 1. The molecule has 1 aromatic rings. The van der Waals surface area contributed by atoms with E-state index in [0.29, 0.717) is 5.92 Å². The summed E-state index contributed by atoms with van der Waals surface area (Å²) in [4.78, 5) is 0. The van der Waals surface area contributed by atoms with Gasteiger partial charge >= 0.3 is 0 Å². The Labute approximate surface area is 115 Å². The summed E-state index contributed by atoms with van der Waals surface area (Å²) in [7, 11) is 3.75. The zero-order valence-electron chi connectivity index (χ0n) is 11.4. The molecule has 1 aliphatic carbocycles. The first kappa shape index (κ1) is 13.7. The van der Waals surface area contributed by atoms with Gasteiger partial charge in [0.25, 0.3) is 0 Å². The minimum absolute atomic E-state index is 0.158. The Morgan fingerprint density at radius 3 is 2.83 bits per heavy atom. The molecule has 100 valence electrons. The second-order valence-corrected chi connectivity index (χ2v) is 5.76. The summed E-state index contributed by atoms with van der Waals surface area (Å²) in [6.45, 7) is 3.32. The number of halogens is 1. The third-order valence-corrected chi connectivity index (χ3v) is 4.63. The van der Waals surface area contributed by atoms with Crippen molar-refractivity contribution in [3.8, 4) is 5.75 Å². The van der Waals surface area contributed by atoms with Crippen LogP contribution >= 0.6 is 11.6 Å². The minimum Gasteiger partial charge on any atom is -0.496 e. The number of hydrogen-bond donors (Lipinski definition) is 1. The molecule has 2 atom stereocenters. The van der Waals surface area contributed by atoms with Crippen molar-refractivity contribution in [2.75, 3.05) is 20.7 Å². The van der Waals surface area contributed by atoms with Gasteiger partial charge in [0.15, 0.2) is 0 Å². The van der Waals surface area contributed by atoms with E-state index in [0.717, 1.165) is 17.3 Å². The molecule has 0 saturated heterocycles.